The van der Waals surface area contributed by atoms with Gasteiger partial charge in [-0.1, -0.05) is 36.4 Å². The van der Waals surface area contributed by atoms with E-state index < -0.39 is 0 Å². The Labute approximate surface area is 165 Å². The first-order valence-electron chi connectivity index (χ1n) is 9.37. The van der Waals surface area contributed by atoms with Crippen LogP contribution >= 0.6 is 0 Å². The second kappa shape index (κ2) is 9.67. The summed E-state index contributed by atoms with van der Waals surface area (Å²) in [5.41, 5.74) is 2.87. The van der Waals surface area contributed by atoms with Crippen LogP contribution in [0.2, 0.25) is 0 Å². The third-order valence-electron chi connectivity index (χ3n) is 4.55. The van der Waals surface area contributed by atoms with E-state index in [2.05, 4.69) is 16.3 Å². The fraction of sp³-hybridized carbons (Fsp3) is 0.217. The SMILES string of the molecule is O=C(C=Cc1ccc(O)cc1)CC(=O)C=Cc1ccccc1N1CCNCC1. The summed E-state index contributed by atoms with van der Waals surface area (Å²) in [7, 11) is 0. The highest BCUT2D eigenvalue weighted by molar-refractivity contribution is 6.11. The second-order valence-corrected chi connectivity index (χ2v) is 6.66. The maximum absolute atomic E-state index is 12.2. The molecule has 0 saturated carbocycles. The molecule has 5 nitrogen and oxygen atoms in total. The lowest BCUT2D eigenvalue weighted by Crippen LogP contribution is -2.43. The maximum Gasteiger partial charge on any atom is 0.163 e. The molecule has 0 unspecified atom stereocenters. The van der Waals surface area contributed by atoms with Crippen molar-refractivity contribution in [3.05, 3.63) is 71.8 Å². The van der Waals surface area contributed by atoms with Crippen LogP contribution in [-0.4, -0.2) is 42.9 Å². The van der Waals surface area contributed by atoms with Crippen molar-refractivity contribution in [1.29, 1.82) is 0 Å². The predicted octanol–water partition coefficient (Wildman–Crippen LogP) is 3.06. The molecule has 1 aliphatic heterocycles. The zero-order valence-corrected chi connectivity index (χ0v) is 15.7. The Hall–Kier alpha value is -3.18. The van der Waals surface area contributed by atoms with Crippen LogP contribution in [0.3, 0.4) is 0 Å². The van der Waals surface area contributed by atoms with E-state index in [0.29, 0.717) is 0 Å². The molecule has 2 N–H and O–H groups in total. The number of rotatable bonds is 7. The van der Waals surface area contributed by atoms with Gasteiger partial charge in [-0.25, -0.2) is 0 Å². The molecule has 0 spiro atoms. The minimum atomic E-state index is -0.252. The van der Waals surface area contributed by atoms with E-state index in [-0.39, 0.29) is 23.7 Å². The van der Waals surface area contributed by atoms with Crippen molar-refractivity contribution in [1.82, 2.24) is 5.32 Å². The van der Waals surface area contributed by atoms with E-state index in [1.54, 1.807) is 36.4 Å². The first-order valence-corrected chi connectivity index (χ1v) is 9.37. The van der Waals surface area contributed by atoms with Crippen molar-refractivity contribution >= 4 is 29.4 Å². The molecule has 28 heavy (non-hydrogen) atoms. The molecule has 1 saturated heterocycles. The van der Waals surface area contributed by atoms with Crippen LogP contribution in [0.1, 0.15) is 17.5 Å². The zero-order valence-electron chi connectivity index (χ0n) is 15.7. The Kier molecular flexibility index (Phi) is 6.76. The summed E-state index contributed by atoms with van der Waals surface area (Å²) in [6, 6.07) is 14.5. The number of anilines is 1. The largest absolute Gasteiger partial charge is 0.508 e. The Balaban J connectivity index is 1.59. The van der Waals surface area contributed by atoms with E-state index in [1.165, 1.54) is 12.2 Å². The van der Waals surface area contributed by atoms with Crippen molar-refractivity contribution in [3.8, 4) is 5.75 Å². The Morgan fingerprint density at radius 1 is 0.929 bits per heavy atom. The molecule has 3 rings (SSSR count). The number of allylic oxidation sites excluding steroid dienone is 2. The monoisotopic (exact) mass is 376 g/mol. The Morgan fingerprint density at radius 2 is 1.57 bits per heavy atom. The van der Waals surface area contributed by atoms with E-state index in [0.717, 1.165) is 43.0 Å². The molecule has 0 amide bonds. The van der Waals surface area contributed by atoms with E-state index in [4.69, 9.17) is 0 Å². The molecular formula is C23H24N2O3. The van der Waals surface area contributed by atoms with E-state index >= 15 is 0 Å². The summed E-state index contributed by atoms with van der Waals surface area (Å²) < 4.78 is 0. The van der Waals surface area contributed by atoms with Crippen molar-refractivity contribution in [2.24, 2.45) is 0 Å². The molecule has 1 fully saturated rings. The smallest absolute Gasteiger partial charge is 0.163 e. The summed E-state index contributed by atoms with van der Waals surface area (Å²) in [4.78, 5) is 26.5. The first-order chi connectivity index (χ1) is 13.6. The second-order valence-electron chi connectivity index (χ2n) is 6.66. The third-order valence-corrected chi connectivity index (χ3v) is 4.55. The van der Waals surface area contributed by atoms with Crippen LogP contribution in [0.15, 0.2) is 60.7 Å². The summed E-state index contributed by atoms with van der Waals surface area (Å²) >= 11 is 0. The summed E-state index contributed by atoms with van der Waals surface area (Å²) in [6.45, 7) is 3.75. The van der Waals surface area contributed by atoms with Gasteiger partial charge in [0.1, 0.15) is 5.75 Å². The molecule has 2 aromatic carbocycles. The van der Waals surface area contributed by atoms with Crippen molar-refractivity contribution in [3.63, 3.8) is 0 Å². The van der Waals surface area contributed by atoms with Gasteiger partial charge in [-0.3, -0.25) is 9.59 Å². The molecule has 0 aromatic heterocycles. The Morgan fingerprint density at radius 3 is 2.29 bits per heavy atom. The van der Waals surface area contributed by atoms with Gasteiger partial charge in [-0.05, 0) is 47.6 Å². The van der Waals surface area contributed by atoms with Crippen LogP contribution in [0.25, 0.3) is 12.2 Å². The van der Waals surface area contributed by atoms with Gasteiger partial charge in [-0.2, -0.15) is 0 Å². The zero-order chi connectivity index (χ0) is 19.8. The number of hydrogen-bond acceptors (Lipinski definition) is 5. The quantitative estimate of drug-likeness (QED) is 0.574. The van der Waals surface area contributed by atoms with Crippen LogP contribution < -0.4 is 10.2 Å². The van der Waals surface area contributed by atoms with Gasteiger partial charge in [0.2, 0.25) is 0 Å². The minimum absolute atomic E-state index is 0.166. The van der Waals surface area contributed by atoms with Gasteiger partial charge in [0.05, 0.1) is 6.42 Å². The number of hydrogen-bond donors (Lipinski definition) is 2. The minimum Gasteiger partial charge on any atom is -0.508 e. The number of ketones is 2. The van der Waals surface area contributed by atoms with Crippen LogP contribution in [0, 0.1) is 0 Å². The fourth-order valence-corrected chi connectivity index (χ4v) is 3.07. The Bertz CT molecular complexity index is 879. The molecule has 0 atom stereocenters. The summed E-state index contributed by atoms with van der Waals surface area (Å²) in [6.07, 6.45) is 6.14. The van der Waals surface area contributed by atoms with Gasteiger partial charge in [0.15, 0.2) is 11.6 Å². The lowest BCUT2D eigenvalue weighted by molar-refractivity contribution is -0.121. The average molecular weight is 376 g/mol. The number of nitrogens with zero attached hydrogens (tertiary/aromatic N) is 1. The van der Waals surface area contributed by atoms with Gasteiger partial charge < -0.3 is 15.3 Å². The molecular weight excluding hydrogens is 352 g/mol. The van der Waals surface area contributed by atoms with E-state index in [1.807, 2.05) is 18.2 Å². The lowest BCUT2D eigenvalue weighted by Gasteiger charge is -2.30. The number of nitrogens with one attached hydrogen (secondary N) is 1. The molecule has 5 heteroatoms. The molecule has 0 bridgehead atoms. The maximum atomic E-state index is 12.2. The number of phenols is 1. The number of piperazine rings is 1. The van der Waals surface area contributed by atoms with Crippen LogP contribution in [0.4, 0.5) is 5.69 Å². The summed E-state index contributed by atoms with van der Waals surface area (Å²) in [5, 5.41) is 12.6. The topological polar surface area (TPSA) is 69.6 Å². The highest BCUT2D eigenvalue weighted by Crippen LogP contribution is 2.22. The van der Waals surface area contributed by atoms with Gasteiger partial charge in [0.25, 0.3) is 0 Å². The molecule has 0 aliphatic carbocycles. The van der Waals surface area contributed by atoms with E-state index in [9.17, 15) is 14.7 Å². The molecule has 1 aliphatic rings. The van der Waals surface area contributed by atoms with Crippen molar-refractivity contribution in [2.45, 2.75) is 6.42 Å². The fourth-order valence-electron chi connectivity index (χ4n) is 3.07. The third kappa shape index (κ3) is 5.66. The first kappa shape index (κ1) is 19.6. The number of benzene rings is 2. The number of phenolic OH excluding ortho intramolecular Hbond substituents is 1. The number of para-hydroxylation sites is 1. The van der Waals surface area contributed by atoms with Gasteiger partial charge >= 0.3 is 0 Å². The molecule has 2 aromatic rings. The van der Waals surface area contributed by atoms with Crippen LogP contribution in [0.5, 0.6) is 5.75 Å². The number of carbonyl (C=O) groups excluding carboxylic acids is 2. The highest BCUT2D eigenvalue weighted by atomic mass is 16.3. The van der Waals surface area contributed by atoms with Gasteiger partial charge in [-0.15, -0.1) is 0 Å². The normalized spacial score (nSPS) is 14.6. The number of aromatic hydroxyl groups is 1. The number of carbonyl (C=O) groups is 2. The van der Waals surface area contributed by atoms with Gasteiger partial charge in [0, 0.05) is 31.9 Å². The summed E-state index contributed by atoms with van der Waals surface area (Å²) in [5.74, 6) is -0.307. The highest BCUT2D eigenvalue weighted by Gasteiger charge is 2.12. The molecule has 1 heterocycles. The lowest BCUT2D eigenvalue weighted by atomic mass is 10.1. The van der Waals surface area contributed by atoms with Crippen molar-refractivity contribution in [2.75, 3.05) is 31.1 Å². The molecule has 144 valence electrons. The standard InChI is InChI=1S/C23H24N2O3/c26-20-9-5-18(6-10-20)7-11-21(27)17-22(28)12-8-19-3-1-2-4-23(19)25-15-13-24-14-16-25/h1-12,24,26H,13-17H2. The predicted molar refractivity (Wildman–Crippen MR) is 112 cm³/mol. The molecule has 0 radical (unpaired) electrons. The van der Waals surface area contributed by atoms with Crippen LogP contribution in [-0.2, 0) is 9.59 Å². The van der Waals surface area contributed by atoms with Crippen molar-refractivity contribution < 1.29 is 14.7 Å². The average Bonchev–Trinajstić information content (AvgIpc) is 2.73.